The van der Waals surface area contributed by atoms with E-state index in [-0.39, 0.29) is 41.8 Å². The number of halogens is 1. The van der Waals surface area contributed by atoms with Gasteiger partial charge in [-0.25, -0.2) is 9.21 Å². The quantitative estimate of drug-likeness (QED) is 0.0947. The highest BCUT2D eigenvalue weighted by atomic mass is 35.5. The topological polar surface area (TPSA) is 147 Å². The van der Waals surface area contributed by atoms with E-state index in [1.165, 1.54) is 12.1 Å². The fraction of sp³-hybridized carbons (Fsp3) is 0.256. The van der Waals surface area contributed by atoms with Gasteiger partial charge in [-0.05, 0) is 59.9 Å². The van der Waals surface area contributed by atoms with Crippen LogP contribution in [0.5, 0.6) is 5.75 Å². The number of aliphatic hydroxyl groups excluding tert-OH is 1. The Balaban J connectivity index is 0.930. The molecule has 5 N–H and O–H groups in total. The highest BCUT2D eigenvalue weighted by Crippen LogP contribution is 2.30. The molecule has 1 fully saturated rings. The first-order chi connectivity index (χ1) is 24.7. The molecule has 11 nitrogen and oxygen atoms in total. The van der Waals surface area contributed by atoms with E-state index in [2.05, 4.69) is 20.5 Å². The third-order valence-electron chi connectivity index (χ3n) is 8.99. The van der Waals surface area contributed by atoms with Crippen molar-refractivity contribution in [1.29, 1.82) is 0 Å². The number of nitrogens with zero attached hydrogens (tertiary/aromatic N) is 2. The average molecular weight is 710 g/mol. The maximum absolute atomic E-state index is 13.0. The van der Waals surface area contributed by atoms with Crippen LogP contribution in [0, 0.1) is 0 Å². The number of likely N-dealkylation sites (tertiary alicyclic amines) is 1. The highest BCUT2D eigenvalue weighted by Gasteiger charge is 2.24. The Morgan fingerprint density at radius 1 is 0.961 bits per heavy atom. The molecule has 0 spiro atoms. The second-order valence-corrected chi connectivity index (χ2v) is 12.8. The second-order valence-electron chi connectivity index (χ2n) is 12.5. The molecule has 0 aliphatic carbocycles. The first-order valence-electron chi connectivity index (χ1n) is 16.9. The lowest BCUT2D eigenvalue weighted by Crippen LogP contribution is -2.40. The van der Waals surface area contributed by atoms with Crippen molar-refractivity contribution < 1.29 is 24.5 Å². The van der Waals surface area contributed by atoms with Crippen molar-refractivity contribution in [2.75, 3.05) is 35.9 Å². The number of fused-ring (bicyclic) bond motifs is 1. The summed E-state index contributed by atoms with van der Waals surface area (Å²) >= 11 is 6.48. The lowest BCUT2D eigenvalue weighted by Gasteiger charge is -2.31. The van der Waals surface area contributed by atoms with Crippen LogP contribution in [0.1, 0.15) is 36.5 Å². The summed E-state index contributed by atoms with van der Waals surface area (Å²) in [6.07, 6.45) is -0.0367. The van der Waals surface area contributed by atoms with Gasteiger partial charge in [0.25, 0.3) is 0 Å². The lowest BCUT2D eigenvalue weighted by molar-refractivity contribution is -0.117. The Morgan fingerprint density at radius 2 is 1.73 bits per heavy atom. The lowest BCUT2D eigenvalue weighted by atomic mass is 10.0. The number of anilines is 2. The van der Waals surface area contributed by atoms with Gasteiger partial charge in [0.2, 0.25) is 11.5 Å². The number of aromatic nitrogens is 1. The number of piperidine rings is 1. The van der Waals surface area contributed by atoms with Crippen LogP contribution in [0.25, 0.3) is 22.0 Å². The summed E-state index contributed by atoms with van der Waals surface area (Å²) in [5.41, 5.74) is 4.53. The molecule has 1 aliphatic rings. The minimum atomic E-state index is -0.899. The van der Waals surface area contributed by atoms with Crippen LogP contribution in [0.15, 0.2) is 108 Å². The number of nitrogens with one attached hydrogen (secondary N) is 3. The van der Waals surface area contributed by atoms with Gasteiger partial charge in [-0.15, -0.1) is 0 Å². The Labute approximate surface area is 300 Å². The zero-order chi connectivity index (χ0) is 35.7. The number of pyridine rings is 1. The van der Waals surface area contributed by atoms with Gasteiger partial charge in [-0.2, -0.15) is 0 Å². The predicted octanol–water partition coefficient (Wildman–Crippen LogP) is 6.31. The number of carbonyl (C=O) groups is 2. The summed E-state index contributed by atoms with van der Waals surface area (Å²) in [4.78, 5) is 42.3. The van der Waals surface area contributed by atoms with E-state index in [4.69, 9.17) is 16.5 Å². The molecule has 0 saturated carbocycles. The van der Waals surface area contributed by atoms with Gasteiger partial charge in [0.1, 0.15) is 11.9 Å². The standard InChI is InChI=1S/C39H40ClN5O6/c40-45(28-10-6-7-26(23-28)24-41-25-35(47)31-13-15-34(46)38-32(31)14-16-36(48)43-38)37(49)19-22-44-20-17-29(18-21-44)51-39(50)42-33-12-5-4-11-30(33)27-8-2-1-3-9-27/h1-16,23,29,35,41,46-47H,17-22,24-25H2,(H,42,50)(H,43,48). The molecule has 12 heteroatoms. The van der Waals surface area contributed by atoms with Crippen molar-refractivity contribution >= 4 is 46.1 Å². The van der Waals surface area contributed by atoms with Gasteiger partial charge in [0, 0.05) is 67.9 Å². The molecule has 4 aromatic carbocycles. The summed E-state index contributed by atoms with van der Waals surface area (Å²) in [5, 5.41) is 27.6. The van der Waals surface area contributed by atoms with Gasteiger partial charge in [-0.1, -0.05) is 66.7 Å². The maximum atomic E-state index is 13.0. The number of carbonyl (C=O) groups excluding carboxylic acids is 2. The van der Waals surface area contributed by atoms with Crippen molar-refractivity contribution in [3.8, 4) is 16.9 Å². The first kappa shape index (κ1) is 35.6. The number of hydrogen-bond donors (Lipinski definition) is 5. The molecular weight excluding hydrogens is 670 g/mol. The average Bonchev–Trinajstić information content (AvgIpc) is 3.15. The monoisotopic (exact) mass is 709 g/mol. The zero-order valence-electron chi connectivity index (χ0n) is 27.9. The summed E-state index contributed by atoms with van der Waals surface area (Å²) in [6, 6.07) is 30.8. The van der Waals surface area contributed by atoms with Crippen LogP contribution in [-0.4, -0.2) is 64.4 Å². The molecule has 51 heavy (non-hydrogen) atoms. The fourth-order valence-electron chi connectivity index (χ4n) is 6.30. The molecule has 1 unspecified atom stereocenters. The minimum absolute atomic E-state index is 0.0681. The van der Waals surface area contributed by atoms with Crippen molar-refractivity contribution in [3.63, 3.8) is 0 Å². The minimum Gasteiger partial charge on any atom is -0.506 e. The van der Waals surface area contributed by atoms with Gasteiger partial charge in [0.05, 0.1) is 23.0 Å². The molecule has 0 radical (unpaired) electrons. The third kappa shape index (κ3) is 9.13. The van der Waals surface area contributed by atoms with E-state index in [1.807, 2.05) is 72.8 Å². The fourth-order valence-corrected chi connectivity index (χ4v) is 6.49. The Morgan fingerprint density at radius 3 is 2.53 bits per heavy atom. The molecule has 1 atom stereocenters. The van der Waals surface area contributed by atoms with Gasteiger partial charge in [-0.3, -0.25) is 14.9 Å². The number of aliphatic hydroxyl groups is 1. The number of aromatic hydroxyl groups is 1. The SMILES string of the molecule is O=C(Nc1ccccc1-c1ccccc1)OC1CCN(CCC(=O)N(Cl)c2cccc(CNCC(O)c3ccc(O)c4[nH]c(=O)ccc34)c2)CC1. The van der Waals surface area contributed by atoms with E-state index in [9.17, 15) is 24.6 Å². The first-order valence-corrected chi connectivity index (χ1v) is 17.2. The van der Waals surface area contributed by atoms with Crippen molar-refractivity contribution in [3.05, 3.63) is 125 Å². The summed E-state index contributed by atoms with van der Waals surface area (Å²) in [6.45, 7) is 2.54. The highest BCUT2D eigenvalue weighted by molar-refractivity contribution is 6.36. The third-order valence-corrected chi connectivity index (χ3v) is 9.37. The number of aromatic amines is 1. The second kappa shape index (κ2) is 16.7. The normalized spacial score (nSPS) is 14.2. The molecular formula is C39H40ClN5O6. The molecule has 0 bridgehead atoms. The van der Waals surface area contributed by atoms with Crippen LogP contribution >= 0.6 is 11.8 Å². The van der Waals surface area contributed by atoms with Crippen molar-refractivity contribution in [2.24, 2.45) is 0 Å². The van der Waals surface area contributed by atoms with Crippen LogP contribution in [0.3, 0.4) is 0 Å². The molecule has 5 aromatic rings. The molecule has 1 aliphatic heterocycles. The van der Waals surface area contributed by atoms with E-state index in [1.54, 1.807) is 18.2 Å². The van der Waals surface area contributed by atoms with Crippen molar-refractivity contribution in [1.82, 2.24) is 15.2 Å². The zero-order valence-corrected chi connectivity index (χ0v) is 28.7. The number of ether oxygens (including phenoxy) is 1. The molecule has 2 amide bonds. The predicted molar refractivity (Wildman–Crippen MR) is 199 cm³/mol. The molecule has 264 valence electrons. The number of hydrogen-bond acceptors (Lipinski definition) is 8. The summed E-state index contributed by atoms with van der Waals surface area (Å²) in [5.74, 6) is -0.300. The van der Waals surface area contributed by atoms with Crippen LogP contribution in [-0.2, 0) is 16.1 Å². The van der Waals surface area contributed by atoms with E-state index < -0.39 is 12.2 Å². The Kier molecular flexibility index (Phi) is 11.6. The van der Waals surface area contributed by atoms with Crippen LogP contribution < -0.4 is 20.6 Å². The molecule has 1 saturated heterocycles. The van der Waals surface area contributed by atoms with Crippen molar-refractivity contribution in [2.45, 2.75) is 38.0 Å². The molecule has 6 rings (SSSR count). The molecule has 2 heterocycles. The van der Waals surface area contributed by atoms with E-state index in [0.717, 1.165) is 21.1 Å². The Hall–Kier alpha value is -5.20. The van der Waals surface area contributed by atoms with E-state index >= 15 is 0 Å². The van der Waals surface area contributed by atoms with E-state index in [0.29, 0.717) is 61.3 Å². The summed E-state index contributed by atoms with van der Waals surface area (Å²) < 4.78 is 6.88. The number of phenols is 1. The van der Waals surface area contributed by atoms with Gasteiger partial charge >= 0.3 is 6.09 Å². The number of H-pyrrole nitrogens is 1. The largest absolute Gasteiger partial charge is 0.506 e. The molecule has 1 aromatic heterocycles. The summed E-state index contributed by atoms with van der Waals surface area (Å²) in [7, 11) is 0. The number of rotatable bonds is 12. The number of benzene rings is 4. The van der Waals surface area contributed by atoms with Gasteiger partial charge in [0.15, 0.2) is 0 Å². The number of para-hydroxylation sites is 1. The van der Waals surface area contributed by atoms with Crippen LogP contribution in [0.2, 0.25) is 0 Å². The number of phenolic OH excluding ortho intramolecular Hbond substituents is 1. The van der Waals surface area contributed by atoms with Gasteiger partial charge < -0.3 is 30.2 Å². The maximum Gasteiger partial charge on any atom is 0.411 e. The van der Waals surface area contributed by atoms with Crippen LogP contribution in [0.4, 0.5) is 16.2 Å². The smallest absolute Gasteiger partial charge is 0.411 e. The number of amides is 2. The Bertz CT molecular complexity index is 2030.